The summed E-state index contributed by atoms with van der Waals surface area (Å²) in [6, 6.07) is 37.0. The van der Waals surface area contributed by atoms with Crippen molar-refractivity contribution in [1.29, 1.82) is 5.26 Å². The molecule has 0 aliphatic heterocycles. The SMILES string of the molecule is Cn1cncc1[C@H](OCc1ccccc1)c1ccc(C#N)c(-c2ccccc2-c2ccccc2)c1. The van der Waals surface area contributed by atoms with E-state index in [9.17, 15) is 5.26 Å². The molecule has 1 heterocycles. The number of aromatic nitrogens is 2. The van der Waals surface area contributed by atoms with Gasteiger partial charge in [-0.05, 0) is 39.9 Å². The van der Waals surface area contributed by atoms with Crippen LogP contribution in [0.1, 0.15) is 28.5 Å². The van der Waals surface area contributed by atoms with Crippen LogP contribution in [-0.4, -0.2) is 9.55 Å². The lowest BCUT2D eigenvalue weighted by atomic mass is 9.90. The Morgan fingerprint density at radius 2 is 1.51 bits per heavy atom. The van der Waals surface area contributed by atoms with E-state index >= 15 is 0 Å². The van der Waals surface area contributed by atoms with Crippen LogP contribution in [0.2, 0.25) is 0 Å². The topological polar surface area (TPSA) is 50.8 Å². The first-order valence-electron chi connectivity index (χ1n) is 11.5. The Morgan fingerprint density at radius 1 is 0.829 bits per heavy atom. The van der Waals surface area contributed by atoms with Gasteiger partial charge >= 0.3 is 0 Å². The van der Waals surface area contributed by atoms with E-state index in [0.717, 1.165) is 39.1 Å². The summed E-state index contributed by atoms with van der Waals surface area (Å²) in [6.07, 6.45) is 3.28. The minimum Gasteiger partial charge on any atom is -0.363 e. The minimum atomic E-state index is -0.335. The van der Waals surface area contributed by atoms with Gasteiger partial charge in [-0.25, -0.2) is 4.98 Å². The van der Waals surface area contributed by atoms with E-state index in [-0.39, 0.29) is 6.10 Å². The summed E-state index contributed by atoms with van der Waals surface area (Å²) >= 11 is 0. The van der Waals surface area contributed by atoms with Crippen LogP contribution in [0.4, 0.5) is 0 Å². The molecule has 0 N–H and O–H groups in total. The van der Waals surface area contributed by atoms with Gasteiger partial charge in [0.05, 0.1) is 36.5 Å². The third-order valence-corrected chi connectivity index (χ3v) is 6.15. The van der Waals surface area contributed by atoms with E-state index in [1.807, 2.05) is 78.5 Å². The Bertz CT molecular complexity index is 1470. The highest BCUT2D eigenvalue weighted by atomic mass is 16.5. The lowest BCUT2D eigenvalue weighted by Crippen LogP contribution is -2.11. The monoisotopic (exact) mass is 455 g/mol. The molecule has 0 spiro atoms. The number of ether oxygens (including phenoxy) is 1. The first-order valence-corrected chi connectivity index (χ1v) is 11.5. The fraction of sp³-hybridized carbons (Fsp3) is 0.0968. The summed E-state index contributed by atoms with van der Waals surface area (Å²) in [7, 11) is 1.97. The van der Waals surface area contributed by atoms with Gasteiger partial charge in [-0.2, -0.15) is 5.26 Å². The molecule has 0 aliphatic rings. The molecule has 1 atom stereocenters. The van der Waals surface area contributed by atoms with E-state index in [1.54, 1.807) is 6.33 Å². The molecular formula is C31H25N3O. The van der Waals surface area contributed by atoms with Crippen LogP contribution in [-0.2, 0) is 18.4 Å². The highest BCUT2D eigenvalue weighted by Gasteiger charge is 2.21. The number of hydrogen-bond acceptors (Lipinski definition) is 3. The number of imidazole rings is 1. The largest absolute Gasteiger partial charge is 0.363 e. The second kappa shape index (κ2) is 10.2. The van der Waals surface area contributed by atoms with Gasteiger partial charge in [-0.3, -0.25) is 0 Å². The smallest absolute Gasteiger partial charge is 0.124 e. The Labute approximate surface area is 205 Å². The molecule has 5 aromatic rings. The van der Waals surface area contributed by atoms with Crippen LogP contribution in [0.25, 0.3) is 22.3 Å². The van der Waals surface area contributed by atoms with Crippen molar-refractivity contribution >= 4 is 0 Å². The third kappa shape index (κ3) is 4.77. The predicted molar refractivity (Wildman–Crippen MR) is 138 cm³/mol. The average Bonchev–Trinajstić information content (AvgIpc) is 3.35. The Kier molecular flexibility index (Phi) is 6.52. The predicted octanol–water partition coefficient (Wildman–Crippen LogP) is 6.93. The van der Waals surface area contributed by atoms with Gasteiger partial charge in [-0.15, -0.1) is 0 Å². The zero-order valence-electron chi connectivity index (χ0n) is 19.5. The molecule has 0 fully saturated rings. The maximum Gasteiger partial charge on any atom is 0.124 e. The number of nitrogens with zero attached hydrogens (tertiary/aromatic N) is 3. The van der Waals surface area contributed by atoms with E-state index in [0.29, 0.717) is 12.2 Å². The molecule has 0 amide bonds. The number of aryl methyl sites for hydroxylation is 1. The molecule has 35 heavy (non-hydrogen) atoms. The second-order valence-electron chi connectivity index (χ2n) is 8.43. The summed E-state index contributed by atoms with van der Waals surface area (Å²) in [4.78, 5) is 4.32. The summed E-state index contributed by atoms with van der Waals surface area (Å²) in [5.74, 6) is 0. The number of rotatable bonds is 7. The number of nitriles is 1. The fourth-order valence-corrected chi connectivity index (χ4v) is 4.36. The molecule has 5 rings (SSSR count). The van der Waals surface area contributed by atoms with Crippen LogP contribution >= 0.6 is 0 Å². The maximum absolute atomic E-state index is 9.96. The number of benzene rings is 4. The van der Waals surface area contributed by atoms with E-state index in [1.165, 1.54) is 0 Å². The van der Waals surface area contributed by atoms with Crippen molar-refractivity contribution in [3.05, 3.63) is 138 Å². The van der Waals surface area contributed by atoms with Crippen molar-refractivity contribution in [1.82, 2.24) is 9.55 Å². The van der Waals surface area contributed by atoms with Gasteiger partial charge in [0.25, 0.3) is 0 Å². The van der Waals surface area contributed by atoms with E-state index in [2.05, 4.69) is 53.5 Å². The van der Waals surface area contributed by atoms with Crippen LogP contribution in [0, 0.1) is 11.3 Å². The van der Waals surface area contributed by atoms with Gasteiger partial charge < -0.3 is 9.30 Å². The van der Waals surface area contributed by atoms with E-state index in [4.69, 9.17) is 4.74 Å². The van der Waals surface area contributed by atoms with Crippen LogP contribution < -0.4 is 0 Å². The molecule has 4 nitrogen and oxygen atoms in total. The molecule has 1 aromatic heterocycles. The molecule has 0 saturated heterocycles. The normalized spacial score (nSPS) is 11.7. The maximum atomic E-state index is 9.96. The van der Waals surface area contributed by atoms with Crippen LogP contribution in [0.15, 0.2) is 116 Å². The lowest BCUT2D eigenvalue weighted by molar-refractivity contribution is 0.0622. The highest BCUT2D eigenvalue weighted by molar-refractivity contribution is 5.86. The second-order valence-corrected chi connectivity index (χ2v) is 8.43. The van der Waals surface area contributed by atoms with Gasteiger partial charge in [0, 0.05) is 12.6 Å². The van der Waals surface area contributed by atoms with E-state index < -0.39 is 0 Å². The molecule has 0 radical (unpaired) electrons. The average molecular weight is 456 g/mol. The highest BCUT2D eigenvalue weighted by Crippen LogP contribution is 2.37. The van der Waals surface area contributed by atoms with Crippen LogP contribution in [0.3, 0.4) is 0 Å². The molecule has 4 aromatic carbocycles. The molecule has 0 saturated carbocycles. The molecule has 0 bridgehead atoms. The van der Waals surface area contributed by atoms with Gasteiger partial charge in [-0.1, -0.05) is 91.0 Å². The van der Waals surface area contributed by atoms with Crippen molar-refractivity contribution in [2.45, 2.75) is 12.7 Å². The molecule has 4 heteroatoms. The Morgan fingerprint density at radius 3 is 2.20 bits per heavy atom. The Balaban J connectivity index is 1.60. The van der Waals surface area contributed by atoms with Gasteiger partial charge in [0.1, 0.15) is 6.10 Å². The lowest BCUT2D eigenvalue weighted by Gasteiger charge is -2.21. The Hall–Kier alpha value is -4.46. The third-order valence-electron chi connectivity index (χ3n) is 6.15. The summed E-state index contributed by atoms with van der Waals surface area (Å²) in [5.41, 5.74) is 7.76. The van der Waals surface area contributed by atoms with Crippen LogP contribution in [0.5, 0.6) is 0 Å². The number of hydrogen-bond donors (Lipinski definition) is 0. The summed E-state index contributed by atoms with van der Waals surface area (Å²) in [5, 5.41) is 9.96. The van der Waals surface area contributed by atoms with Crippen molar-refractivity contribution in [2.75, 3.05) is 0 Å². The van der Waals surface area contributed by atoms with Crippen molar-refractivity contribution < 1.29 is 4.74 Å². The molecule has 170 valence electrons. The summed E-state index contributed by atoms with van der Waals surface area (Å²) in [6.45, 7) is 0.465. The minimum absolute atomic E-state index is 0.335. The quantitative estimate of drug-likeness (QED) is 0.267. The zero-order chi connectivity index (χ0) is 24.0. The fourth-order valence-electron chi connectivity index (χ4n) is 4.36. The first-order chi connectivity index (χ1) is 17.2. The van der Waals surface area contributed by atoms with Crippen molar-refractivity contribution in [3.8, 4) is 28.3 Å². The standard InChI is InChI=1S/C31H25N3O/c1-34-22-33-20-30(34)31(35-21-23-10-4-2-5-11-23)25-16-17-26(19-32)29(18-25)28-15-9-8-14-27(28)24-12-6-3-7-13-24/h2-18,20,22,31H,21H2,1H3/t31-/m1/s1. The van der Waals surface area contributed by atoms with Gasteiger partial charge in [0.2, 0.25) is 0 Å². The van der Waals surface area contributed by atoms with Crippen molar-refractivity contribution in [3.63, 3.8) is 0 Å². The molecular weight excluding hydrogens is 430 g/mol. The molecule has 0 aliphatic carbocycles. The van der Waals surface area contributed by atoms with Crippen molar-refractivity contribution in [2.24, 2.45) is 7.05 Å². The van der Waals surface area contributed by atoms with Gasteiger partial charge in [0.15, 0.2) is 0 Å². The molecule has 0 unspecified atom stereocenters. The summed E-state index contributed by atoms with van der Waals surface area (Å²) < 4.78 is 8.45. The first kappa shape index (κ1) is 22.3. The zero-order valence-corrected chi connectivity index (χ0v) is 19.5.